The molecule has 0 aliphatic carbocycles. The molecule has 0 aliphatic rings. The van der Waals surface area contributed by atoms with Crippen molar-refractivity contribution < 1.29 is 37.3 Å². The van der Waals surface area contributed by atoms with Crippen LogP contribution < -0.4 is 4.89 Å². The van der Waals surface area contributed by atoms with Gasteiger partial charge < -0.3 is 27.9 Å². The molecular weight excluding hydrogens is 709 g/mol. The predicted molar refractivity (Wildman–Crippen MR) is 231 cm³/mol. The Labute approximate surface area is 341 Å². The van der Waals surface area contributed by atoms with Crippen LogP contribution in [0.15, 0.2) is 12.2 Å². The summed E-state index contributed by atoms with van der Waals surface area (Å²) >= 11 is 0. The smallest absolute Gasteiger partial charge is 0.306 e. The number of hydrogen-bond acceptors (Lipinski definition) is 7. The molecule has 0 aromatic rings. The standard InChI is InChI=1S/C46H92NO7P/c1-6-8-10-12-14-16-18-19-20-21-22-23-24-25-26-27-28-30-32-34-36-38-41-51-43-45(44-53-55(49,50)52-42-40-47(3,4)5)54-46(48)39-37-35-33-31-29-17-15-13-11-9-7-2/h13,15,45H,6-12,14,16-44H2,1-5H3/b15-13-. The lowest BCUT2D eigenvalue weighted by Gasteiger charge is -2.28. The van der Waals surface area contributed by atoms with Gasteiger partial charge in [0.2, 0.25) is 0 Å². The number of phosphoric acid groups is 1. The zero-order valence-corrected chi connectivity index (χ0v) is 38.0. The molecule has 9 heteroatoms. The molecule has 0 saturated heterocycles. The predicted octanol–water partition coefficient (Wildman–Crippen LogP) is 13.2. The van der Waals surface area contributed by atoms with Gasteiger partial charge in [0.25, 0.3) is 7.82 Å². The van der Waals surface area contributed by atoms with Crippen molar-refractivity contribution in [1.82, 2.24) is 0 Å². The third kappa shape index (κ3) is 44.2. The van der Waals surface area contributed by atoms with Crippen molar-refractivity contribution in [1.29, 1.82) is 0 Å². The summed E-state index contributed by atoms with van der Waals surface area (Å²) in [4.78, 5) is 25.0. The van der Waals surface area contributed by atoms with Gasteiger partial charge in [0.1, 0.15) is 19.3 Å². The number of phosphoric ester groups is 1. The molecule has 2 unspecified atom stereocenters. The van der Waals surface area contributed by atoms with Crippen molar-refractivity contribution in [2.75, 3.05) is 54.1 Å². The lowest BCUT2D eigenvalue weighted by atomic mass is 10.0. The monoisotopic (exact) mass is 802 g/mol. The van der Waals surface area contributed by atoms with Gasteiger partial charge in [-0.1, -0.05) is 193 Å². The molecule has 0 spiro atoms. The number of esters is 1. The molecule has 328 valence electrons. The summed E-state index contributed by atoms with van der Waals surface area (Å²) in [5.74, 6) is -0.341. The van der Waals surface area contributed by atoms with Gasteiger partial charge >= 0.3 is 5.97 Å². The Morgan fingerprint density at radius 3 is 1.44 bits per heavy atom. The summed E-state index contributed by atoms with van der Waals surface area (Å²) in [7, 11) is 1.36. The highest BCUT2D eigenvalue weighted by Gasteiger charge is 2.20. The second-order valence-electron chi connectivity index (χ2n) is 17.1. The highest BCUT2D eigenvalue weighted by Crippen LogP contribution is 2.38. The van der Waals surface area contributed by atoms with Gasteiger partial charge in [0.15, 0.2) is 0 Å². The highest BCUT2D eigenvalue weighted by molar-refractivity contribution is 7.45. The van der Waals surface area contributed by atoms with Crippen LogP contribution in [0.3, 0.4) is 0 Å². The van der Waals surface area contributed by atoms with E-state index < -0.39 is 13.9 Å². The van der Waals surface area contributed by atoms with E-state index in [0.29, 0.717) is 24.1 Å². The van der Waals surface area contributed by atoms with Crippen LogP contribution in [0, 0.1) is 0 Å². The Hall–Kier alpha value is -0.760. The van der Waals surface area contributed by atoms with Crippen LogP contribution in [0.2, 0.25) is 0 Å². The zero-order valence-electron chi connectivity index (χ0n) is 37.1. The fourth-order valence-corrected chi connectivity index (χ4v) is 7.37. The molecule has 0 heterocycles. The van der Waals surface area contributed by atoms with Crippen molar-refractivity contribution in [2.45, 2.75) is 225 Å². The third-order valence-electron chi connectivity index (χ3n) is 10.3. The van der Waals surface area contributed by atoms with Gasteiger partial charge in [0.05, 0.1) is 34.4 Å². The summed E-state index contributed by atoms with van der Waals surface area (Å²) in [6.45, 7) is 5.40. The van der Waals surface area contributed by atoms with E-state index in [1.54, 1.807) is 0 Å². The highest BCUT2D eigenvalue weighted by atomic mass is 31.2. The van der Waals surface area contributed by atoms with Crippen LogP contribution in [0.4, 0.5) is 0 Å². The van der Waals surface area contributed by atoms with Crippen molar-refractivity contribution >= 4 is 13.8 Å². The number of hydrogen-bond donors (Lipinski definition) is 0. The average molecular weight is 802 g/mol. The molecule has 0 aromatic heterocycles. The summed E-state index contributed by atoms with van der Waals surface area (Å²) < 4.78 is 34.6. The van der Waals surface area contributed by atoms with Gasteiger partial charge in [-0.05, 0) is 32.1 Å². The van der Waals surface area contributed by atoms with Gasteiger partial charge in [-0.15, -0.1) is 0 Å². The van der Waals surface area contributed by atoms with E-state index in [4.69, 9.17) is 18.5 Å². The summed E-state index contributed by atoms with van der Waals surface area (Å²) in [6, 6.07) is 0. The van der Waals surface area contributed by atoms with Crippen LogP contribution in [0.1, 0.15) is 219 Å². The fraction of sp³-hybridized carbons (Fsp3) is 0.935. The second kappa shape index (κ2) is 40.0. The number of carbonyl (C=O) groups excluding carboxylic acids is 1. The summed E-state index contributed by atoms with van der Waals surface area (Å²) in [5, 5.41) is 0. The van der Waals surface area contributed by atoms with Gasteiger partial charge in [-0.3, -0.25) is 9.36 Å². The van der Waals surface area contributed by atoms with Crippen LogP contribution >= 0.6 is 7.82 Å². The first-order valence-corrected chi connectivity index (χ1v) is 24.9. The molecule has 0 amide bonds. The number of carbonyl (C=O) groups is 1. The van der Waals surface area contributed by atoms with Gasteiger partial charge in [-0.2, -0.15) is 0 Å². The maximum atomic E-state index is 12.6. The number of ether oxygens (including phenoxy) is 2. The number of likely N-dealkylation sites (N-methyl/N-ethyl adjacent to an activating group) is 1. The van der Waals surface area contributed by atoms with Crippen LogP contribution in [-0.2, 0) is 27.9 Å². The van der Waals surface area contributed by atoms with E-state index in [0.717, 1.165) is 44.9 Å². The number of quaternary nitrogens is 1. The van der Waals surface area contributed by atoms with Crippen molar-refractivity contribution in [3.05, 3.63) is 12.2 Å². The van der Waals surface area contributed by atoms with E-state index in [2.05, 4.69) is 26.0 Å². The van der Waals surface area contributed by atoms with Crippen LogP contribution in [0.25, 0.3) is 0 Å². The van der Waals surface area contributed by atoms with Crippen molar-refractivity contribution in [3.8, 4) is 0 Å². The molecule has 0 rings (SSSR count). The molecule has 0 N–H and O–H groups in total. The quantitative estimate of drug-likeness (QED) is 0.0199. The number of allylic oxidation sites excluding steroid dienone is 2. The molecule has 0 aromatic carbocycles. The summed E-state index contributed by atoms with van der Waals surface area (Å²) in [5.41, 5.74) is 0. The lowest BCUT2D eigenvalue weighted by molar-refractivity contribution is -0.870. The molecule has 0 fully saturated rings. The topological polar surface area (TPSA) is 94.1 Å². The Morgan fingerprint density at radius 1 is 0.545 bits per heavy atom. The Morgan fingerprint density at radius 2 is 0.964 bits per heavy atom. The third-order valence-corrected chi connectivity index (χ3v) is 11.3. The molecular formula is C46H92NO7P. The minimum Gasteiger partial charge on any atom is -0.756 e. The average Bonchev–Trinajstić information content (AvgIpc) is 3.13. The lowest BCUT2D eigenvalue weighted by Crippen LogP contribution is -2.37. The Bertz CT molecular complexity index is 894. The van der Waals surface area contributed by atoms with Crippen LogP contribution in [0.5, 0.6) is 0 Å². The van der Waals surface area contributed by atoms with E-state index in [-0.39, 0.29) is 25.8 Å². The SMILES string of the molecule is CCCC/C=C\CCCCCCCC(=O)OC(COCCCCCCCCCCCCCCCCCCCCCCCC)COP(=O)([O-])OCC[N+](C)(C)C. The van der Waals surface area contributed by atoms with Crippen LogP contribution in [-0.4, -0.2) is 70.7 Å². The first-order valence-electron chi connectivity index (χ1n) is 23.4. The first-order chi connectivity index (χ1) is 26.6. The zero-order chi connectivity index (χ0) is 40.6. The number of unbranched alkanes of at least 4 members (excludes halogenated alkanes) is 28. The maximum Gasteiger partial charge on any atom is 0.306 e. The van der Waals surface area contributed by atoms with Crippen molar-refractivity contribution in [3.63, 3.8) is 0 Å². The van der Waals surface area contributed by atoms with E-state index in [1.807, 2.05) is 21.1 Å². The molecule has 0 bridgehead atoms. The molecule has 0 radical (unpaired) electrons. The second-order valence-corrected chi connectivity index (χ2v) is 18.5. The fourth-order valence-electron chi connectivity index (χ4n) is 6.65. The van der Waals surface area contributed by atoms with Gasteiger partial charge in [0, 0.05) is 13.0 Å². The normalized spacial score (nSPS) is 13.8. The minimum atomic E-state index is -4.52. The Balaban J connectivity index is 4.06. The van der Waals surface area contributed by atoms with E-state index in [9.17, 15) is 14.3 Å². The number of rotatable bonds is 44. The Kier molecular flexibility index (Phi) is 39.5. The minimum absolute atomic E-state index is 0.0277. The largest absolute Gasteiger partial charge is 0.756 e. The summed E-state index contributed by atoms with van der Waals surface area (Å²) in [6.07, 6.45) is 43.8. The van der Waals surface area contributed by atoms with E-state index >= 15 is 0 Å². The molecule has 8 nitrogen and oxygen atoms in total. The van der Waals surface area contributed by atoms with Crippen molar-refractivity contribution in [2.24, 2.45) is 0 Å². The maximum absolute atomic E-state index is 12.6. The molecule has 55 heavy (non-hydrogen) atoms. The van der Waals surface area contributed by atoms with Gasteiger partial charge in [-0.25, -0.2) is 0 Å². The molecule has 0 saturated carbocycles. The van der Waals surface area contributed by atoms with E-state index in [1.165, 1.54) is 154 Å². The molecule has 2 atom stereocenters. The number of nitrogens with zero attached hydrogens (tertiary/aromatic N) is 1. The first kappa shape index (κ1) is 54.2. The molecule has 0 aliphatic heterocycles.